The molecule has 6 heteroatoms. The predicted octanol–water partition coefficient (Wildman–Crippen LogP) is 1.27. The fourth-order valence-corrected chi connectivity index (χ4v) is 3.08. The average Bonchev–Trinajstić information content (AvgIpc) is 3.06. The molecule has 2 aromatic rings. The molecule has 1 aromatic heterocycles. The molecule has 0 spiro atoms. The molecule has 24 heavy (non-hydrogen) atoms. The van der Waals surface area contributed by atoms with E-state index in [0.717, 1.165) is 29.4 Å². The Morgan fingerprint density at radius 3 is 2.71 bits per heavy atom. The van der Waals surface area contributed by atoms with Crippen molar-refractivity contribution in [3.05, 3.63) is 67.5 Å². The van der Waals surface area contributed by atoms with Gasteiger partial charge in [-0.2, -0.15) is 5.26 Å². The topological polar surface area (TPSA) is 84.9 Å². The second-order valence-electron chi connectivity index (χ2n) is 5.87. The first kappa shape index (κ1) is 15.9. The Labute approximate surface area is 138 Å². The molecule has 0 aliphatic heterocycles. The first-order valence-electron chi connectivity index (χ1n) is 7.94. The van der Waals surface area contributed by atoms with Gasteiger partial charge in [0.25, 0.3) is 5.56 Å². The molecular formula is C18H17N3O3. The number of aryl methyl sites for hydroxylation is 3. The van der Waals surface area contributed by atoms with E-state index in [1.54, 1.807) is 19.1 Å². The van der Waals surface area contributed by atoms with Crippen molar-refractivity contribution < 1.29 is 4.79 Å². The molecule has 0 bridgehead atoms. The van der Waals surface area contributed by atoms with Crippen LogP contribution in [-0.2, 0) is 25.9 Å². The number of carbonyl (C=O) groups excluding carboxylic acids is 1. The molecule has 1 heterocycles. The van der Waals surface area contributed by atoms with Gasteiger partial charge in [-0.3, -0.25) is 18.7 Å². The lowest BCUT2D eigenvalue weighted by atomic mass is 10.0. The maximum absolute atomic E-state index is 12.5. The number of ketones is 1. The summed E-state index contributed by atoms with van der Waals surface area (Å²) in [4.78, 5) is 37.1. The molecule has 6 nitrogen and oxygen atoms in total. The van der Waals surface area contributed by atoms with E-state index in [9.17, 15) is 14.4 Å². The van der Waals surface area contributed by atoms with Crippen LogP contribution in [0.2, 0.25) is 0 Å². The number of benzene rings is 1. The van der Waals surface area contributed by atoms with E-state index in [4.69, 9.17) is 5.26 Å². The third-order valence-corrected chi connectivity index (χ3v) is 4.42. The van der Waals surface area contributed by atoms with Crippen LogP contribution in [0.1, 0.15) is 40.4 Å². The van der Waals surface area contributed by atoms with Gasteiger partial charge >= 0.3 is 5.69 Å². The summed E-state index contributed by atoms with van der Waals surface area (Å²) in [6, 6.07) is 7.31. The number of aromatic nitrogens is 2. The summed E-state index contributed by atoms with van der Waals surface area (Å²) in [6.07, 6.45) is 4.29. The van der Waals surface area contributed by atoms with Gasteiger partial charge in [-0.25, -0.2) is 4.79 Å². The Hall–Kier alpha value is -2.94. The van der Waals surface area contributed by atoms with E-state index < -0.39 is 11.2 Å². The van der Waals surface area contributed by atoms with Crippen molar-refractivity contribution in [2.75, 3.05) is 0 Å². The highest BCUT2D eigenvalue weighted by Gasteiger charge is 2.17. The number of Topliss-reactive ketones (excluding diaryl/α,β-unsaturated/α-hetero) is 1. The molecule has 1 aromatic carbocycles. The van der Waals surface area contributed by atoms with Gasteiger partial charge in [0.05, 0.1) is 6.54 Å². The summed E-state index contributed by atoms with van der Waals surface area (Å²) >= 11 is 0. The molecule has 122 valence electrons. The van der Waals surface area contributed by atoms with Crippen molar-refractivity contribution in [3.8, 4) is 6.07 Å². The lowest BCUT2D eigenvalue weighted by Crippen LogP contribution is -2.42. The van der Waals surface area contributed by atoms with Crippen molar-refractivity contribution in [2.45, 2.75) is 39.3 Å². The fourth-order valence-electron chi connectivity index (χ4n) is 3.08. The standard InChI is InChI=1S/C18H17N3O3/c1-2-20-10-15(9-19)17(23)21(18(20)24)11-16(22)14-7-6-12-4-3-5-13(12)8-14/h6-8,10H,2-5,11H2,1H3. The highest BCUT2D eigenvalue weighted by Crippen LogP contribution is 2.23. The molecule has 3 rings (SSSR count). The molecule has 0 fully saturated rings. The van der Waals surface area contributed by atoms with Crippen LogP contribution in [0.5, 0.6) is 0 Å². The minimum atomic E-state index is -0.721. The summed E-state index contributed by atoms with van der Waals surface area (Å²) < 4.78 is 2.10. The summed E-state index contributed by atoms with van der Waals surface area (Å²) in [7, 11) is 0. The number of nitriles is 1. The van der Waals surface area contributed by atoms with Gasteiger partial charge in [0.2, 0.25) is 0 Å². The first-order chi connectivity index (χ1) is 11.5. The number of rotatable bonds is 4. The lowest BCUT2D eigenvalue weighted by Gasteiger charge is -2.09. The van der Waals surface area contributed by atoms with Crippen LogP contribution in [0.3, 0.4) is 0 Å². The average molecular weight is 323 g/mol. The predicted molar refractivity (Wildman–Crippen MR) is 88.1 cm³/mol. The number of carbonyl (C=O) groups is 1. The monoisotopic (exact) mass is 323 g/mol. The molecule has 0 atom stereocenters. The quantitative estimate of drug-likeness (QED) is 0.793. The van der Waals surface area contributed by atoms with Crippen LogP contribution < -0.4 is 11.2 Å². The fraction of sp³-hybridized carbons (Fsp3) is 0.333. The largest absolute Gasteiger partial charge is 0.331 e. The van der Waals surface area contributed by atoms with Crippen LogP contribution in [0.4, 0.5) is 0 Å². The molecule has 0 unspecified atom stereocenters. The van der Waals surface area contributed by atoms with E-state index >= 15 is 0 Å². The van der Waals surface area contributed by atoms with E-state index in [1.807, 2.05) is 12.1 Å². The van der Waals surface area contributed by atoms with Crippen molar-refractivity contribution >= 4 is 5.78 Å². The summed E-state index contributed by atoms with van der Waals surface area (Å²) in [5.74, 6) is -0.304. The zero-order valence-corrected chi connectivity index (χ0v) is 13.4. The van der Waals surface area contributed by atoms with Gasteiger partial charge < -0.3 is 0 Å². The van der Waals surface area contributed by atoms with Gasteiger partial charge in [-0.1, -0.05) is 12.1 Å². The third-order valence-electron chi connectivity index (χ3n) is 4.42. The van der Waals surface area contributed by atoms with Crippen molar-refractivity contribution in [3.63, 3.8) is 0 Å². The molecule has 0 saturated carbocycles. The Kier molecular flexibility index (Phi) is 4.17. The molecule has 0 amide bonds. The first-order valence-corrected chi connectivity index (χ1v) is 7.94. The summed E-state index contributed by atoms with van der Waals surface area (Å²) in [6.45, 7) is 1.70. The minimum Gasteiger partial charge on any atom is -0.299 e. The Bertz CT molecular complexity index is 976. The normalized spacial score (nSPS) is 12.7. The van der Waals surface area contributed by atoms with Crippen LogP contribution in [-0.4, -0.2) is 14.9 Å². The highest BCUT2D eigenvalue weighted by atomic mass is 16.2. The molecule has 0 N–H and O–H groups in total. The molecular weight excluding hydrogens is 306 g/mol. The molecule has 1 aliphatic rings. The maximum atomic E-state index is 12.5. The maximum Gasteiger partial charge on any atom is 0.331 e. The zero-order chi connectivity index (χ0) is 17.3. The van der Waals surface area contributed by atoms with E-state index in [0.29, 0.717) is 12.1 Å². The number of hydrogen-bond acceptors (Lipinski definition) is 4. The SMILES string of the molecule is CCn1cc(C#N)c(=O)n(CC(=O)c2ccc3c(c2)CCC3)c1=O. The van der Waals surface area contributed by atoms with Crippen LogP contribution in [0.15, 0.2) is 34.0 Å². The number of nitrogens with zero attached hydrogens (tertiary/aromatic N) is 3. The van der Waals surface area contributed by atoms with Crippen LogP contribution in [0.25, 0.3) is 0 Å². The summed E-state index contributed by atoms with van der Waals surface area (Å²) in [5, 5.41) is 9.05. The van der Waals surface area contributed by atoms with Crippen LogP contribution in [0, 0.1) is 11.3 Å². The van der Waals surface area contributed by atoms with Gasteiger partial charge in [0.15, 0.2) is 5.78 Å². The van der Waals surface area contributed by atoms with Gasteiger partial charge in [0.1, 0.15) is 11.6 Å². The van der Waals surface area contributed by atoms with Gasteiger partial charge in [0, 0.05) is 18.3 Å². The minimum absolute atomic E-state index is 0.141. The van der Waals surface area contributed by atoms with E-state index in [2.05, 4.69) is 0 Å². The second kappa shape index (κ2) is 6.28. The van der Waals surface area contributed by atoms with Crippen molar-refractivity contribution in [1.29, 1.82) is 5.26 Å². The van der Waals surface area contributed by atoms with Crippen LogP contribution >= 0.6 is 0 Å². The smallest absolute Gasteiger partial charge is 0.299 e. The van der Waals surface area contributed by atoms with Gasteiger partial charge in [-0.15, -0.1) is 0 Å². The zero-order valence-electron chi connectivity index (χ0n) is 13.4. The Balaban J connectivity index is 1.99. The third kappa shape index (κ3) is 2.69. The molecule has 0 radical (unpaired) electrons. The van der Waals surface area contributed by atoms with E-state index in [-0.39, 0.29) is 17.9 Å². The second-order valence-corrected chi connectivity index (χ2v) is 5.87. The molecule has 1 aliphatic carbocycles. The summed E-state index contributed by atoms with van der Waals surface area (Å²) in [5.41, 5.74) is 1.47. The van der Waals surface area contributed by atoms with Gasteiger partial charge in [-0.05, 0) is 43.4 Å². The molecule has 0 saturated heterocycles. The van der Waals surface area contributed by atoms with Crippen molar-refractivity contribution in [2.24, 2.45) is 0 Å². The highest BCUT2D eigenvalue weighted by molar-refractivity contribution is 5.96. The van der Waals surface area contributed by atoms with Crippen molar-refractivity contribution in [1.82, 2.24) is 9.13 Å². The Morgan fingerprint density at radius 2 is 2.00 bits per heavy atom. The number of hydrogen-bond donors (Lipinski definition) is 0. The van der Waals surface area contributed by atoms with E-state index in [1.165, 1.54) is 16.3 Å². The Morgan fingerprint density at radius 1 is 1.25 bits per heavy atom. The number of fused-ring (bicyclic) bond motifs is 1. The lowest BCUT2D eigenvalue weighted by molar-refractivity contribution is 0.0968.